The van der Waals surface area contributed by atoms with Gasteiger partial charge in [-0.25, -0.2) is 0 Å². The van der Waals surface area contributed by atoms with Gasteiger partial charge in [0.05, 0.1) is 30.8 Å². The predicted octanol–water partition coefficient (Wildman–Crippen LogP) is 10.4. The summed E-state index contributed by atoms with van der Waals surface area (Å²) in [6.45, 7) is 2.31. The lowest BCUT2D eigenvalue weighted by atomic mass is 9.25. The molecule has 4 bridgehead atoms. The molecule has 12 rings (SSSR count). The lowest BCUT2D eigenvalue weighted by molar-refractivity contribution is -0.196. The van der Waals surface area contributed by atoms with Gasteiger partial charge < -0.3 is 40.7 Å². The van der Waals surface area contributed by atoms with Crippen LogP contribution in [-0.2, 0) is 23.2 Å². The second-order valence-corrected chi connectivity index (χ2v) is 24.7. The Morgan fingerprint density at radius 3 is 2.53 bits per heavy atom. The highest BCUT2D eigenvalue weighted by Crippen LogP contribution is 2.84. The fourth-order valence-electron chi connectivity index (χ4n) is 18.8. The number of hydrogen-bond acceptors (Lipinski definition) is 9. The molecule has 1 aliphatic heterocycles. The molecular formula is C64H77NO8. The number of phenols is 3. The Kier molecular flexibility index (Phi) is 12.5. The lowest BCUT2D eigenvalue weighted by Crippen LogP contribution is -2.80. The number of aliphatic hydroxyl groups excluding tert-OH is 2. The fraction of sp³-hybridized carbons (Fsp3) is 0.609. The third-order valence-corrected chi connectivity index (χ3v) is 21.8. The van der Waals surface area contributed by atoms with Crippen LogP contribution in [0.2, 0.25) is 0 Å². The first-order chi connectivity index (χ1) is 35.4. The maximum Gasteiger partial charge on any atom is 0.160 e. The molecule has 386 valence electrons. The molecule has 7 N–H and O–H groups in total. The number of aliphatic hydroxyl groups is 3. The topological polar surface area (TPSA) is 160 Å². The number of Topliss-reactive ketones (excluding diaryl/α,β-unsaturated/α-hetero) is 1. The van der Waals surface area contributed by atoms with Crippen LogP contribution >= 0.6 is 0 Å². The van der Waals surface area contributed by atoms with Crippen LogP contribution in [0, 0.1) is 75.4 Å². The van der Waals surface area contributed by atoms with Gasteiger partial charge >= 0.3 is 0 Å². The van der Waals surface area contributed by atoms with Crippen molar-refractivity contribution in [2.45, 2.75) is 177 Å². The number of ether oxygens (including phenoxy) is 1. The molecule has 3 aromatic carbocycles. The number of hydrogen-bond donors (Lipinski definition) is 7. The zero-order valence-corrected chi connectivity index (χ0v) is 43.1. The van der Waals surface area contributed by atoms with Gasteiger partial charge in [-0.3, -0.25) is 4.79 Å². The van der Waals surface area contributed by atoms with Crippen LogP contribution in [0.3, 0.4) is 0 Å². The monoisotopic (exact) mass is 988 g/mol. The molecule has 5 fully saturated rings. The summed E-state index contributed by atoms with van der Waals surface area (Å²) in [4.78, 5) is 16.1. The number of carbonyl (C=O) groups excluding carboxylic acids is 1. The van der Waals surface area contributed by atoms with Gasteiger partial charge in [0.15, 0.2) is 23.0 Å². The third kappa shape index (κ3) is 7.21. The Labute approximate surface area is 432 Å². The summed E-state index contributed by atoms with van der Waals surface area (Å²) in [5, 5.41) is 76.6. The van der Waals surface area contributed by atoms with Crippen LogP contribution in [0.4, 0.5) is 0 Å². The first-order valence-corrected chi connectivity index (χ1v) is 28.4. The minimum absolute atomic E-state index is 0.0368. The number of fused-ring (bicyclic) bond motifs is 5. The summed E-state index contributed by atoms with van der Waals surface area (Å²) in [5.41, 5.74) is 2.84. The Hall–Kier alpha value is -4.77. The zero-order valence-electron chi connectivity index (χ0n) is 43.1. The predicted molar refractivity (Wildman–Crippen MR) is 281 cm³/mol. The number of nitrogens with one attached hydrogen (secondary N) is 1. The number of benzene rings is 3. The summed E-state index contributed by atoms with van der Waals surface area (Å²) < 4.78 is 5.68. The standard InChI is InChI=1S/C64H77NO8/c1-3-4-6-18-46-52(67)31-47(48-33-56(73-2)55(70)29-42(48)37-66)40(28-39-13-7-5-8-14-39)19-20-41-36-65-57-22-26-61-38-60-23-11-17-44(60)30-45(61)21-27-62(72)24-10-9-15-43(62)16-12-25-63(61)35-51(60)49-32-53(68)54(69)34-50(49)64(57,63)58(41)59(46)71/h5,7-8,13-14,29-30,32-34,40-41,43-44,46-47,51,57-59,65-66,68-72H,3-4,6,9-11,15-18,21-24,26-28,31,35-38H2,1-2H3. The van der Waals surface area contributed by atoms with Gasteiger partial charge in [-0.1, -0.05) is 105 Å². The summed E-state index contributed by atoms with van der Waals surface area (Å²) in [6, 6.07) is 17.1. The smallest absolute Gasteiger partial charge is 0.160 e. The van der Waals surface area contributed by atoms with E-state index < -0.39 is 57.5 Å². The molecule has 9 heteroatoms. The number of aromatic hydroxyl groups is 3. The van der Waals surface area contributed by atoms with Gasteiger partial charge in [-0.05, 0) is 152 Å². The van der Waals surface area contributed by atoms with Crippen LogP contribution in [0.15, 0.2) is 66.2 Å². The van der Waals surface area contributed by atoms with Gasteiger partial charge in [0, 0.05) is 65.8 Å². The molecule has 0 radical (unpaired) electrons. The lowest BCUT2D eigenvalue weighted by Gasteiger charge is -2.78. The molecule has 1 saturated heterocycles. The molecule has 0 amide bonds. The molecule has 9 aliphatic rings. The van der Waals surface area contributed by atoms with E-state index in [-0.39, 0.29) is 65.1 Å². The highest BCUT2D eigenvalue weighted by atomic mass is 16.5. The van der Waals surface area contributed by atoms with E-state index in [0.717, 1.165) is 119 Å². The van der Waals surface area contributed by atoms with E-state index in [1.54, 1.807) is 12.1 Å². The molecule has 9 nitrogen and oxygen atoms in total. The molecule has 15 atom stereocenters. The second-order valence-electron chi connectivity index (χ2n) is 24.7. The van der Waals surface area contributed by atoms with Crippen molar-refractivity contribution in [2.75, 3.05) is 13.7 Å². The van der Waals surface area contributed by atoms with Crippen molar-refractivity contribution in [3.8, 4) is 46.7 Å². The van der Waals surface area contributed by atoms with Crippen LogP contribution in [0.25, 0.3) is 0 Å². The largest absolute Gasteiger partial charge is 0.504 e. The van der Waals surface area contributed by atoms with Crippen molar-refractivity contribution >= 4 is 5.78 Å². The van der Waals surface area contributed by atoms with Gasteiger partial charge in [0.2, 0.25) is 0 Å². The number of ketones is 1. The molecule has 15 unspecified atom stereocenters. The maximum absolute atomic E-state index is 16.1. The van der Waals surface area contributed by atoms with E-state index in [1.807, 2.05) is 30.3 Å². The number of unbranched alkanes of at least 4 members (excludes halogenated alkanes) is 2. The number of methoxy groups -OCH3 is 1. The molecule has 1 heterocycles. The number of phenolic OH excluding ortho intramolecular Hbond substituents is 3. The average Bonchev–Trinajstić information content (AvgIpc) is 3.80. The molecule has 4 saturated carbocycles. The molecular weight excluding hydrogens is 911 g/mol. The highest BCUT2D eigenvalue weighted by molar-refractivity contribution is 5.83. The summed E-state index contributed by atoms with van der Waals surface area (Å²) in [6.07, 6.45) is 18.1. The summed E-state index contributed by atoms with van der Waals surface area (Å²) in [7, 11) is 1.51. The van der Waals surface area contributed by atoms with Crippen LogP contribution in [0.5, 0.6) is 23.0 Å². The van der Waals surface area contributed by atoms with E-state index in [9.17, 15) is 30.6 Å². The van der Waals surface area contributed by atoms with Crippen LogP contribution in [-0.4, -0.2) is 67.8 Å². The van der Waals surface area contributed by atoms with Crippen LogP contribution in [0.1, 0.15) is 169 Å². The molecule has 73 heavy (non-hydrogen) atoms. The second kappa shape index (κ2) is 18.5. The van der Waals surface area contributed by atoms with Crippen molar-refractivity contribution < 1.29 is 40.2 Å². The third-order valence-electron chi connectivity index (χ3n) is 21.8. The number of carbonyl (C=O) groups is 1. The Morgan fingerprint density at radius 1 is 0.890 bits per heavy atom. The van der Waals surface area contributed by atoms with Crippen molar-refractivity contribution in [1.82, 2.24) is 5.32 Å². The van der Waals surface area contributed by atoms with E-state index in [1.165, 1.54) is 12.7 Å². The van der Waals surface area contributed by atoms with Gasteiger partial charge in [-0.2, -0.15) is 0 Å². The molecule has 8 aliphatic carbocycles. The Morgan fingerprint density at radius 2 is 1.73 bits per heavy atom. The van der Waals surface area contributed by atoms with Gasteiger partial charge in [0.1, 0.15) is 5.78 Å². The average molecular weight is 988 g/mol. The number of piperidine rings is 1. The summed E-state index contributed by atoms with van der Waals surface area (Å²) >= 11 is 0. The highest BCUT2D eigenvalue weighted by Gasteiger charge is 2.81. The SMILES string of the molecule is CCCCCC1C(=O)CC(c2cc(OC)c(O)cc2CO)C(Cc2ccccc2)C#CC2CNC3CCC45CC67CCCC6C=C4CCC4(O)CCCCC4CC#CC54CC7c5cc(O)c(O)cc5C34C2C1O. The molecule has 4 spiro atoms. The van der Waals surface area contributed by atoms with Crippen LogP contribution < -0.4 is 10.1 Å². The molecule has 3 aromatic rings. The van der Waals surface area contributed by atoms with Crippen molar-refractivity contribution in [3.05, 3.63) is 94.1 Å². The van der Waals surface area contributed by atoms with Crippen molar-refractivity contribution in [1.29, 1.82) is 0 Å². The quantitative estimate of drug-likeness (QED) is 0.0479. The Bertz CT molecular complexity index is 2820. The normalized spacial score (nSPS) is 39.8. The summed E-state index contributed by atoms with van der Waals surface area (Å²) in [5.74, 6) is 13.7. The first-order valence-electron chi connectivity index (χ1n) is 28.4. The van der Waals surface area contributed by atoms with Crippen molar-refractivity contribution in [2.24, 2.45) is 51.8 Å². The van der Waals surface area contributed by atoms with E-state index in [4.69, 9.17) is 4.74 Å². The maximum atomic E-state index is 16.1. The fourth-order valence-corrected chi connectivity index (χ4v) is 18.8. The van der Waals surface area contributed by atoms with E-state index >= 15 is 4.79 Å². The first kappa shape index (κ1) is 49.1. The zero-order chi connectivity index (χ0) is 50.5. The van der Waals surface area contributed by atoms with Gasteiger partial charge in [-0.15, -0.1) is 5.92 Å². The molecule has 0 aromatic heterocycles. The van der Waals surface area contributed by atoms with E-state index in [0.29, 0.717) is 42.9 Å². The Balaban J connectivity index is 1.14. The minimum atomic E-state index is -1.14. The minimum Gasteiger partial charge on any atom is -0.504 e. The number of allylic oxidation sites excluding steroid dienone is 2. The van der Waals surface area contributed by atoms with E-state index in [2.05, 4.69) is 54.1 Å². The van der Waals surface area contributed by atoms with Crippen molar-refractivity contribution in [3.63, 3.8) is 0 Å². The van der Waals surface area contributed by atoms with Gasteiger partial charge in [0.25, 0.3) is 0 Å². The number of rotatable bonds is 9.